The molecule has 0 saturated heterocycles. The minimum atomic E-state index is -5.10. The van der Waals surface area contributed by atoms with Gasteiger partial charge in [0, 0.05) is 0 Å². The number of urea groups is 1. The molecule has 5 nitrogen and oxygen atoms in total. The van der Waals surface area contributed by atoms with E-state index < -0.39 is 23.7 Å². The number of amides is 2. The van der Waals surface area contributed by atoms with Crippen molar-refractivity contribution in [3.63, 3.8) is 0 Å². The fourth-order valence-electron chi connectivity index (χ4n) is 0.730. The second-order valence-electron chi connectivity index (χ2n) is 3.16. The number of carboxylic acid groups (broad SMARTS) is 1. The molecule has 0 heterocycles. The summed E-state index contributed by atoms with van der Waals surface area (Å²) in [6, 6.07) is -1.25. The van der Waals surface area contributed by atoms with E-state index in [4.69, 9.17) is 5.11 Å². The summed E-state index contributed by atoms with van der Waals surface area (Å²) in [5, 5.41) is 11.8. The molecule has 0 aromatic heterocycles. The van der Waals surface area contributed by atoms with Crippen LogP contribution in [0.3, 0.4) is 0 Å². The van der Waals surface area contributed by atoms with Gasteiger partial charge in [-0.2, -0.15) is 13.2 Å². The molecule has 0 aliphatic heterocycles. The number of aliphatic carboxylic acids is 1. The summed E-state index contributed by atoms with van der Waals surface area (Å²) in [6.07, 6.45) is -5.10. The second kappa shape index (κ2) is 5.43. The summed E-state index contributed by atoms with van der Waals surface area (Å²) in [4.78, 5) is 21.6. The Balaban J connectivity index is 4.72. The molecule has 0 aliphatic rings. The Hall–Kier alpha value is -1.91. The standard InChI is InChI=1S/C9H11F3N2O3/c1-3-4-5-13-7(17)14-8(2,6(15)16)9(10,11)12/h5H2,1-2H3,(H,15,16)(H2,13,14,17). The molecule has 0 saturated carbocycles. The lowest BCUT2D eigenvalue weighted by Crippen LogP contribution is -2.63. The zero-order chi connectivity index (χ0) is 13.7. The van der Waals surface area contributed by atoms with Gasteiger partial charge >= 0.3 is 18.2 Å². The Kier molecular flexibility index (Phi) is 4.82. The van der Waals surface area contributed by atoms with E-state index in [2.05, 4.69) is 11.8 Å². The van der Waals surface area contributed by atoms with E-state index in [0.717, 1.165) is 0 Å². The number of alkyl halides is 3. The number of hydrogen-bond donors (Lipinski definition) is 3. The van der Waals surface area contributed by atoms with Crippen LogP contribution in [0, 0.1) is 11.8 Å². The highest BCUT2D eigenvalue weighted by molar-refractivity contribution is 5.86. The predicted molar refractivity (Wildman–Crippen MR) is 52.1 cm³/mol. The summed E-state index contributed by atoms with van der Waals surface area (Å²) in [6.45, 7) is 1.67. The van der Waals surface area contributed by atoms with Crippen molar-refractivity contribution in [3.05, 3.63) is 0 Å². The smallest absolute Gasteiger partial charge is 0.422 e. The van der Waals surface area contributed by atoms with Gasteiger partial charge < -0.3 is 15.7 Å². The maximum absolute atomic E-state index is 12.5. The van der Waals surface area contributed by atoms with Crippen molar-refractivity contribution in [2.24, 2.45) is 0 Å². The minimum absolute atomic E-state index is 0.171. The first kappa shape index (κ1) is 15.1. The molecule has 1 unspecified atom stereocenters. The van der Waals surface area contributed by atoms with Crippen molar-refractivity contribution in [3.8, 4) is 11.8 Å². The Morgan fingerprint density at radius 1 is 1.35 bits per heavy atom. The van der Waals surface area contributed by atoms with Crippen LogP contribution in [0.2, 0.25) is 0 Å². The van der Waals surface area contributed by atoms with Crippen molar-refractivity contribution in [1.82, 2.24) is 10.6 Å². The first-order valence-corrected chi connectivity index (χ1v) is 4.41. The number of carbonyl (C=O) groups is 2. The largest absolute Gasteiger partial charge is 0.479 e. The highest BCUT2D eigenvalue weighted by atomic mass is 19.4. The van der Waals surface area contributed by atoms with E-state index in [1.54, 1.807) is 0 Å². The molecule has 1 atom stereocenters. The van der Waals surface area contributed by atoms with Crippen LogP contribution in [0.15, 0.2) is 0 Å². The molecule has 0 fully saturated rings. The second-order valence-corrected chi connectivity index (χ2v) is 3.16. The molecule has 8 heteroatoms. The molecule has 0 spiro atoms. The fourth-order valence-corrected chi connectivity index (χ4v) is 0.730. The van der Waals surface area contributed by atoms with Gasteiger partial charge in [-0.25, -0.2) is 9.59 Å². The predicted octanol–water partition coefficient (Wildman–Crippen LogP) is 0.714. The number of halogens is 3. The quantitative estimate of drug-likeness (QED) is 0.647. The zero-order valence-corrected chi connectivity index (χ0v) is 9.10. The van der Waals surface area contributed by atoms with E-state index in [9.17, 15) is 22.8 Å². The number of carbonyl (C=O) groups excluding carboxylic acids is 1. The van der Waals surface area contributed by atoms with Crippen LogP contribution in [-0.2, 0) is 4.79 Å². The summed E-state index contributed by atoms with van der Waals surface area (Å²) in [7, 11) is 0. The molecule has 96 valence electrons. The van der Waals surface area contributed by atoms with Crippen molar-refractivity contribution >= 4 is 12.0 Å². The molecule has 0 radical (unpaired) electrons. The normalized spacial score (nSPS) is 13.9. The number of carboxylic acids is 1. The van der Waals surface area contributed by atoms with Gasteiger partial charge in [0.1, 0.15) is 0 Å². The van der Waals surface area contributed by atoms with E-state index >= 15 is 0 Å². The topological polar surface area (TPSA) is 78.4 Å². The molecule has 3 N–H and O–H groups in total. The fraction of sp³-hybridized carbons (Fsp3) is 0.556. The lowest BCUT2D eigenvalue weighted by molar-refractivity contribution is -0.203. The molecule has 17 heavy (non-hydrogen) atoms. The van der Waals surface area contributed by atoms with Crippen LogP contribution in [0.25, 0.3) is 0 Å². The Morgan fingerprint density at radius 2 is 1.88 bits per heavy atom. The van der Waals surface area contributed by atoms with Gasteiger partial charge in [0.2, 0.25) is 5.54 Å². The average molecular weight is 252 g/mol. The van der Waals surface area contributed by atoms with Crippen LogP contribution >= 0.6 is 0 Å². The Bertz CT molecular complexity index is 370. The first-order valence-electron chi connectivity index (χ1n) is 4.41. The van der Waals surface area contributed by atoms with Crippen LogP contribution in [0.5, 0.6) is 0 Å². The van der Waals surface area contributed by atoms with Gasteiger partial charge in [-0.3, -0.25) is 0 Å². The van der Waals surface area contributed by atoms with Crippen LogP contribution in [-0.4, -0.2) is 35.4 Å². The summed E-state index contributed by atoms with van der Waals surface area (Å²) >= 11 is 0. The van der Waals surface area contributed by atoms with Crippen molar-refractivity contribution in [1.29, 1.82) is 0 Å². The van der Waals surface area contributed by atoms with Crippen molar-refractivity contribution in [2.45, 2.75) is 25.6 Å². The molecule has 2 amide bonds. The number of hydrogen-bond acceptors (Lipinski definition) is 2. The van der Waals surface area contributed by atoms with E-state index in [1.165, 1.54) is 12.2 Å². The van der Waals surface area contributed by atoms with Gasteiger partial charge in [-0.05, 0) is 13.8 Å². The molecule has 0 aliphatic carbocycles. The van der Waals surface area contributed by atoms with E-state index in [0.29, 0.717) is 6.92 Å². The monoisotopic (exact) mass is 252 g/mol. The van der Waals surface area contributed by atoms with Crippen LogP contribution in [0.1, 0.15) is 13.8 Å². The maximum Gasteiger partial charge on any atom is 0.422 e. The molecular formula is C9H11F3N2O3. The Labute approximate surface area is 95.4 Å². The lowest BCUT2D eigenvalue weighted by Gasteiger charge is -2.28. The highest BCUT2D eigenvalue weighted by Gasteiger charge is 2.58. The minimum Gasteiger partial charge on any atom is -0.479 e. The molecule has 0 aromatic carbocycles. The lowest BCUT2D eigenvalue weighted by atomic mass is 10.0. The third kappa shape index (κ3) is 3.86. The van der Waals surface area contributed by atoms with E-state index in [-0.39, 0.29) is 6.54 Å². The van der Waals surface area contributed by atoms with Crippen molar-refractivity contribution < 1.29 is 27.9 Å². The van der Waals surface area contributed by atoms with Gasteiger partial charge in [-0.15, -0.1) is 5.92 Å². The third-order valence-corrected chi connectivity index (χ3v) is 1.87. The SMILES string of the molecule is CC#CCNC(=O)NC(C)(C(=O)O)C(F)(F)F. The summed E-state index contributed by atoms with van der Waals surface area (Å²) in [5.41, 5.74) is -3.34. The third-order valence-electron chi connectivity index (χ3n) is 1.87. The van der Waals surface area contributed by atoms with Crippen LogP contribution in [0.4, 0.5) is 18.0 Å². The van der Waals surface area contributed by atoms with Gasteiger partial charge in [0.05, 0.1) is 6.54 Å². The number of rotatable bonds is 3. The molecular weight excluding hydrogens is 241 g/mol. The van der Waals surface area contributed by atoms with Crippen LogP contribution < -0.4 is 10.6 Å². The van der Waals surface area contributed by atoms with Gasteiger partial charge in [0.15, 0.2) is 0 Å². The summed E-state index contributed by atoms with van der Waals surface area (Å²) in [5.74, 6) is 2.60. The zero-order valence-electron chi connectivity index (χ0n) is 9.10. The highest BCUT2D eigenvalue weighted by Crippen LogP contribution is 2.30. The first-order chi connectivity index (χ1) is 7.65. The van der Waals surface area contributed by atoms with E-state index in [1.807, 2.05) is 5.32 Å². The maximum atomic E-state index is 12.5. The van der Waals surface area contributed by atoms with Crippen molar-refractivity contribution in [2.75, 3.05) is 6.54 Å². The molecule has 0 rings (SSSR count). The molecule has 0 aromatic rings. The van der Waals surface area contributed by atoms with Gasteiger partial charge in [-0.1, -0.05) is 5.92 Å². The molecule has 0 bridgehead atoms. The summed E-state index contributed by atoms with van der Waals surface area (Å²) < 4.78 is 37.4. The Morgan fingerprint density at radius 3 is 2.24 bits per heavy atom. The van der Waals surface area contributed by atoms with Gasteiger partial charge in [0.25, 0.3) is 0 Å². The number of nitrogens with one attached hydrogen (secondary N) is 2. The average Bonchev–Trinajstić information content (AvgIpc) is 2.15.